The summed E-state index contributed by atoms with van der Waals surface area (Å²) in [7, 11) is 0. The maximum absolute atomic E-state index is 13.4. The van der Waals surface area contributed by atoms with Gasteiger partial charge in [0.1, 0.15) is 5.75 Å². The van der Waals surface area contributed by atoms with Crippen molar-refractivity contribution in [1.82, 2.24) is 0 Å². The molecule has 20 heavy (non-hydrogen) atoms. The highest BCUT2D eigenvalue weighted by molar-refractivity contribution is 6.30. The monoisotopic (exact) mass is 300 g/mol. The molecular formula is C14H8ClF3O2. The predicted molar refractivity (Wildman–Crippen MR) is 67.6 cm³/mol. The Bertz CT molecular complexity index is 642. The van der Waals surface area contributed by atoms with Crippen LogP contribution in [0.25, 0.3) is 0 Å². The van der Waals surface area contributed by atoms with E-state index in [1.54, 1.807) is 12.1 Å². The average molecular weight is 301 g/mol. The van der Waals surface area contributed by atoms with Crippen LogP contribution in [-0.2, 0) is 0 Å². The van der Waals surface area contributed by atoms with Gasteiger partial charge in [-0.15, -0.1) is 0 Å². The van der Waals surface area contributed by atoms with Crippen molar-refractivity contribution >= 4 is 17.4 Å². The van der Waals surface area contributed by atoms with Crippen LogP contribution in [-0.4, -0.2) is 12.4 Å². The van der Waals surface area contributed by atoms with Gasteiger partial charge in [0, 0.05) is 5.02 Å². The molecule has 6 heteroatoms. The van der Waals surface area contributed by atoms with E-state index in [0.29, 0.717) is 16.8 Å². The molecular weight excluding hydrogens is 293 g/mol. The van der Waals surface area contributed by atoms with Crippen molar-refractivity contribution in [3.05, 3.63) is 64.4 Å². The number of ether oxygens (including phenoxy) is 1. The van der Waals surface area contributed by atoms with E-state index in [0.717, 1.165) is 6.07 Å². The molecule has 104 valence electrons. The standard InChI is InChI=1S/C14H8ClF3O2/c15-8-1-3-9(4-2-8)20-7-12(19)10-5-6-11(16)14(18)13(10)17/h1-6H,7H2. The zero-order valence-electron chi connectivity index (χ0n) is 10.00. The molecule has 0 aliphatic rings. The molecule has 0 fully saturated rings. The van der Waals surface area contributed by atoms with Gasteiger partial charge in [0.2, 0.25) is 5.78 Å². The zero-order valence-corrected chi connectivity index (χ0v) is 10.8. The van der Waals surface area contributed by atoms with Gasteiger partial charge in [-0.2, -0.15) is 0 Å². The summed E-state index contributed by atoms with van der Waals surface area (Å²) in [6, 6.07) is 7.72. The number of ketones is 1. The Balaban J connectivity index is 2.09. The minimum atomic E-state index is -1.68. The molecule has 2 nitrogen and oxygen atoms in total. The topological polar surface area (TPSA) is 26.3 Å². The third-order valence-corrected chi connectivity index (χ3v) is 2.77. The Kier molecular flexibility index (Phi) is 4.29. The van der Waals surface area contributed by atoms with Gasteiger partial charge in [0.05, 0.1) is 5.56 Å². The number of halogens is 4. The third kappa shape index (κ3) is 3.11. The lowest BCUT2D eigenvalue weighted by atomic mass is 10.1. The molecule has 2 aromatic rings. The van der Waals surface area contributed by atoms with Crippen molar-refractivity contribution in [2.24, 2.45) is 0 Å². The number of hydrogen-bond donors (Lipinski definition) is 0. The van der Waals surface area contributed by atoms with E-state index in [-0.39, 0.29) is 0 Å². The Morgan fingerprint density at radius 1 is 1.00 bits per heavy atom. The van der Waals surface area contributed by atoms with Crippen LogP contribution in [0.2, 0.25) is 5.02 Å². The highest BCUT2D eigenvalue weighted by atomic mass is 35.5. The third-order valence-electron chi connectivity index (χ3n) is 2.52. The number of carbonyl (C=O) groups excluding carboxylic acids is 1. The maximum atomic E-state index is 13.4. The van der Waals surface area contributed by atoms with Crippen LogP contribution in [0.4, 0.5) is 13.2 Å². The van der Waals surface area contributed by atoms with Crippen molar-refractivity contribution in [1.29, 1.82) is 0 Å². The largest absolute Gasteiger partial charge is 0.485 e. The van der Waals surface area contributed by atoms with Crippen LogP contribution in [0, 0.1) is 17.5 Å². The Morgan fingerprint density at radius 3 is 2.30 bits per heavy atom. The molecule has 0 radical (unpaired) electrons. The summed E-state index contributed by atoms with van der Waals surface area (Å²) >= 11 is 5.67. The molecule has 0 N–H and O–H groups in total. The summed E-state index contributed by atoms with van der Waals surface area (Å²) in [5, 5.41) is 0.496. The van der Waals surface area contributed by atoms with Crippen LogP contribution in [0.1, 0.15) is 10.4 Å². The second kappa shape index (κ2) is 5.96. The highest BCUT2D eigenvalue weighted by Crippen LogP contribution is 2.18. The van der Waals surface area contributed by atoms with Crippen LogP contribution < -0.4 is 4.74 Å². The van der Waals surface area contributed by atoms with Crippen LogP contribution in [0.15, 0.2) is 36.4 Å². The smallest absolute Gasteiger partial charge is 0.203 e. The fourth-order valence-electron chi connectivity index (χ4n) is 1.50. The lowest BCUT2D eigenvalue weighted by molar-refractivity contribution is 0.0916. The molecule has 2 rings (SSSR count). The number of benzene rings is 2. The van der Waals surface area contributed by atoms with Gasteiger partial charge >= 0.3 is 0 Å². The van der Waals surface area contributed by atoms with Gasteiger partial charge in [0.25, 0.3) is 0 Å². The van der Waals surface area contributed by atoms with Crippen molar-refractivity contribution in [3.63, 3.8) is 0 Å². The molecule has 0 spiro atoms. The molecule has 0 aliphatic carbocycles. The first-order valence-corrected chi connectivity index (χ1v) is 5.92. The van der Waals surface area contributed by atoms with Gasteiger partial charge in [0.15, 0.2) is 24.1 Å². The lowest BCUT2D eigenvalue weighted by Gasteiger charge is -2.07. The van der Waals surface area contributed by atoms with Gasteiger partial charge in [-0.05, 0) is 36.4 Å². The first kappa shape index (κ1) is 14.4. The summed E-state index contributed by atoms with van der Waals surface area (Å²) in [6.45, 7) is -0.496. The fraction of sp³-hybridized carbons (Fsp3) is 0.0714. The molecule has 0 unspecified atom stereocenters. The van der Waals surface area contributed by atoms with E-state index in [4.69, 9.17) is 16.3 Å². The first-order valence-electron chi connectivity index (χ1n) is 5.54. The molecule has 0 heterocycles. The minimum Gasteiger partial charge on any atom is -0.485 e. The van der Waals surface area contributed by atoms with Crippen LogP contribution in [0.5, 0.6) is 5.75 Å². The van der Waals surface area contributed by atoms with Crippen molar-refractivity contribution < 1.29 is 22.7 Å². The minimum absolute atomic E-state index is 0.353. The molecule has 0 saturated heterocycles. The van der Waals surface area contributed by atoms with E-state index < -0.39 is 35.4 Å². The van der Waals surface area contributed by atoms with Gasteiger partial charge in [-0.1, -0.05) is 11.6 Å². The molecule has 0 amide bonds. The fourth-order valence-corrected chi connectivity index (χ4v) is 1.62. The molecule has 0 aliphatic heterocycles. The van der Waals surface area contributed by atoms with Crippen LogP contribution in [0.3, 0.4) is 0 Å². The van der Waals surface area contributed by atoms with E-state index >= 15 is 0 Å². The summed E-state index contributed by atoms with van der Waals surface area (Å²) in [5.41, 5.74) is -0.558. The van der Waals surface area contributed by atoms with Crippen LogP contribution >= 0.6 is 11.6 Å². The Hall–Kier alpha value is -2.01. The predicted octanol–water partition coefficient (Wildman–Crippen LogP) is 4.02. The number of carbonyl (C=O) groups is 1. The molecule has 0 atom stereocenters. The summed E-state index contributed by atoms with van der Waals surface area (Å²) in [6.07, 6.45) is 0. The number of Topliss-reactive ketones (excluding diaryl/α,β-unsaturated/α-hetero) is 1. The normalized spacial score (nSPS) is 10.4. The van der Waals surface area contributed by atoms with E-state index in [1.165, 1.54) is 12.1 Å². The Morgan fingerprint density at radius 2 is 1.65 bits per heavy atom. The lowest BCUT2D eigenvalue weighted by Crippen LogP contribution is -2.14. The zero-order chi connectivity index (χ0) is 14.7. The number of hydrogen-bond acceptors (Lipinski definition) is 2. The highest BCUT2D eigenvalue weighted by Gasteiger charge is 2.19. The number of rotatable bonds is 4. The Labute approximate surface area is 117 Å². The second-order valence-corrected chi connectivity index (χ2v) is 4.33. The van der Waals surface area contributed by atoms with Crippen molar-refractivity contribution in [3.8, 4) is 5.75 Å². The maximum Gasteiger partial charge on any atom is 0.203 e. The summed E-state index contributed by atoms with van der Waals surface area (Å²) < 4.78 is 44.2. The summed E-state index contributed by atoms with van der Waals surface area (Å²) in [4.78, 5) is 11.7. The summed E-state index contributed by atoms with van der Waals surface area (Å²) in [5.74, 6) is -4.99. The van der Waals surface area contributed by atoms with Gasteiger partial charge in [-0.3, -0.25) is 4.79 Å². The van der Waals surface area contributed by atoms with E-state index in [1.807, 2.05) is 0 Å². The molecule has 0 saturated carbocycles. The first-order chi connectivity index (χ1) is 9.49. The quantitative estimate of drug-likeness (QED) is 0.630. The van der Waals surface area contributed by atoms with Gasteiger partial charge in [-0.25, -0.2) is 13.2 Å². The van der Waals surface area contributed by atoms with E-state index in [2.05, 4.69) is 0 Å². The van der Waals surface area contributed by atoms with Crippen molar-refractivity contribution in [2.45, 2.75) is 0 Å². The SMILES string of the molecule is O=C(COc1ccc(Cl)cc1)c1ccc(F)c(F)c1F. The van der Waals surface area contributed by atoms with Gasteiger partial charge < -0.3 is 4.74 Å². The molecule has 0 bridgehead atoms. The molecule has 0 aromatic heterocycles. The van der Waals surface area contributed by atoms with E-state index in [9.17, 15) is 18.0 Å². The average Bonchev–Trinajstić information content (AvgIpc) is 2.44. The molecule has 2 aromatic carbocycles. The van der Waals surface area contributed by atoms with Crippen molar-refractivity contribution in [2.75, 3.05) is 6.61 Å². The second-order valence-electron chi connectivity index (χ2n) is 3.89.